The number of nitrogens with zero attached hydrogens (tertiary/aromatic N) is 3. The number of aromatic nitrogens is 3. The number of amides is 2. The van der Waals surface area contributed by atoms with E-state index in [1.54, 1.807) is 24.3 Å². The Morgan fingerprint density at radius 3 is 2.05 bits per heavy atom. The van der Waals surface area contributed by atoms with Crippen LogP contribution in [0.4, 0.5) is 9.59 Å². The Hall–Kier alpha value is -4.73. The van der Waals surface area contributed by atoms with Crippen molar-refractivity contribution in [2.45, 2.75) is 38.5 Å². The molecule has 0 saturated heterocycles. The summed E-state index contributed by atoms with van der Waals surface area (Å²) in [5.41, 5.74) is 2.85. The molecular weight excluding hydrogens is 486 g/mol. The third-order valence-corrected chi connectivity index (χ3v) is 5.77. The number of unbranched alkanes of at least 4 members (excludes halogenated alkanes) is 1. The first-order chi connectivity index (χ1) is 18.6. The maximum Gasteiger partial charge on any atom is 0.408 e. The van der Waals surface area contributed by atoms with Crippen molar-refractivity contribution < 1.29 is 23.9 Å². The highest BCUT2D eigenvalue weighted by molar-refractivity contribution is 5.93. The Labute approximate surface area is 219 Å². The average molecular weight is 516 g/mol. The van der Waals surface area contributed by atoms with Crippen LogP contribution < -0.4 is 10.6 Å². The highest BCUT2D eigenvalue weighted by Crippen LogP contribution is 2.13. The number of benzene rings is 3. The van der Waals surface area contributed by atoms with Gasteiger partial charge in [0.05, 0.1) is 5.52 Å². The second-order valence-electron chi connectivity index (χ2n) is 8.57. The third-order valence-electron chi connectivity index (χ3n) is 5.77. The zero-order chi connectivity index (χ0) is 26.6. The second-order valence-corrected chi connectivity index (χ2v) is 8.57. The first kappa shape index (κ1) is 26.3. The topological polar surface area (TPSA) is 124 Å². The quantitative estimate of drug-likeness (QED) is 0.283. The third kappa shape index (κ3) is 7.63. The zero-order valence-electron chi connectivity index (χ0n) is 20.8. The van der Waals surface area contributed by atoms with E-state index in [-0.39, 0.29) is 13.2 Å². The van der Waals surface area contributed by atoms with E-state index in [4.69, 9.17) is 9.47 Å². The molecular formula is C28H29N5O5. The first-order valence-electron chi connectivity index (χ1n) is 12.4. The number of ether oxygens (including phenoxy) is 2. The molecule has 0 aliphatic rings. The summed E-state index contributed by atoms with van der Waals surface area (Å²) in [5, 5.41) is 13.4. The molecule has 0 spiro atoms. The molecule has 1 atom stereocenters. The number of para-hydroxylation sites is 1. The van der Waals surface area contributed by atoms with Gasteiger partial charge in [0.15, 0.2) is 0 Å². The minimum atomic E-state index is -0.895. The fourth-order valence-corrected chi connectivity index (χ4v) is 3.78. The Kier molecular flexibility index (Phi) is 9.39. The zero-order valence-corrected chi connectivity index (χ0v) is 20.8. The summed E-state index contributed by atoms with van der Waals surface area (Å²) in [6, 6.07) is 24.9. The summed E-state index contributed by atoms with van der Waals surface area (Å²) in [4.78, 5) is 37.8. The molecule has 0 aliphatic heterocycles. The number of hydrogen-bond donors (Lipinski definition) is 2. The molecule has 1 aromatic heterocycles. The van der Waals surface area contributed by atoms with Crippen molar-refractivity contribution in [2.75, 3.05) is 6.54 Å². The van der Waals surface area contributed by atoms with Gasteiger partial charge in [0, 0.05) is 6.54 Å². The molecule has 0 fully saturated rings. The summed E-state index contributed by atoms with van der Waals surface area (Å²) in [6.45, 7) is 0.623. The van der Waals surface area contributed by atoms with Gasteiger partial charge in [-0.25, -0.2) is 9.59 Å². The van der Waals surface area contributed by atoms with Crippen molar-refractivity contribution in [3.63, 3.8) is 0 Å². The molecule has 0 aliphatic carbocycles. The van der Waals surface area contributed by atoms with Crippen molar-refractivity contribution in [1.82, 2.24) is 25.6 Å². The number of hydrogen-bond acceptors (Lipinski definition) is 7. The lowest BCUT2D eigenvalue weighted by atomic mass is 10.1. The van der Waals surface area contributed by atoms with Crippen molar-refractivity contribution in [1.29, 1.82) is 0 Å². The van der Waals surface area contributed by atoms with Crippen LogP contribution in [-0.4, -0.2) is 45.7 Å². The van der Waals surface area contributed by atoms with E-state index in [1.807, 2.05) is 60.7 Å². The van der Waals surface area contributed by atoms with Crippen LogP contribution >= 0.6 is 0 Å². The lowest BCUT2D eigenvalue weighted by molar-refractivity contribution is 0.0816. The van der Waals surface area contributed by atoms with E-state index in [9.17, 15) is 14.4 Å². The summed E-state index contributed by atoms with van der Waals surface area (Å²) in [7, 11) is 0. The number of fused-ring (bicyclic) bond motifs is 1. The molecule has 2 N–H and O–H groups in total. The Balaban J connectivity index is 1.29. The predicted molar refractivity (Wildman–Crippen MR) is 140 cm³/mol. The van der Waals surface area contributed by atoms with Gasteiger partial charge in [-0.15, -0.1) is 5.10 Å². The van der Waals surface area contributed by atoms with Gasteiger partial charge in [-0.2, -0.15) is 4.68 Å². The van der Waals surface area contributed by atoms with Crippen LogP contribution in [0.3, 0.4) is 0 Å². The first-order valence-corrected chi connectivity index (χ1v) is 12.4. The molecule has 10 nitrogen and oxygen atoms in total. The number of nitrogens with one attached hydrogen (secondary N) is 2. The van der Waals surface area contributed by atoms with Crippen LogP contribution in [0.2, 0.25) is 0 Å². The van der Waals surface area contributed by atoms with E-state index in [0.717, 1.165) is 11.1 Å². The summed E-state index contributed by atoms with van der Waals surface area (Å²) < 4.78 is 11.7. The predicted octanol–water partition coefficient (Wildman–Crippen LogP) is 4.46. The SMILES string of the molecule is O=C(NCCCC[C@H](NC(=O)OCc1ccccc1)C(=O)n1nnc2ccccc21)OCc1ccccc1. The van der Waals surface area contributed by atoms with Gasteiger partial charge in [-0.1, -0.05) is 78.0 Å². The number of carbonyl (C=O) groups is 3. The van der Waals surface area contributed by atoms with Crippen LogP contribution in [0.1, 0.15) is 35.2 Å². The smallest absolute Gasteiger partial charge is 0.408 e. The van der Waals surface area contributed by atoms with Crippen molar-refractivity contribution in [3.8, 4) is 0 Å². The molecule has 0 radical (unpaired) electrons. The number of carbonyl (C=O) groups excluding carboxylic acids is 3. The fraction of sp³-hybridized carbons (Fsp3) is 0.250. The van der Waals surface area contributed by atoms with Gasteiger partial charge in [-0.05, 0) is 42.5 Å². The number of alkyl carbamates (subject to hydrolysis) is 2. The van der Waals surface area contributed by atoms with Crippen LogP contribution in [0, 0.1) is 0 Å². The van der Waals surface area contributed by atoms with Gasteiger partial charge in [0.2, 0.25) is 0 Å². The highest BCUT2D eigenvalue weighted by atomic mass is 16.6. The Morgan fingerprint density at radius 1 is 0.763 bits per heavy atom. The fourth-order valence-electron chi connectivity index (χ4n) is 3.78. The molecule has 38 heavy (non-hydrogen) atoms. The summed E-state index contributed by atoms with van der Waals surface area (Å²) in [6.07, 6.45) is 0.204. The maximum atomic E-state index is 13.3. The van der Waals surface area contributed by atoms with E-state index < -0.39 is 24.1 Å². The largest absolute Gasteiger partial charge is 0.445 e. The molecule has 10 heteroatoms. The van der Waals surface area contributed by atoms with Crippen LogP contribution in [0.25, 0.3) is 11.0 Å². The molecule has 4 aromatic rings. The van der Waals surface area contributed by atoms with E-state index in [2.05, 4.69) is 20.9 Å². The van der Waals surface area contributed by atoms with E-state index in [0.29, 0.717) is 36.8 Å². The highest BCUT2D eigenvalue weighted by Gasteiger charge is 2.25. The monoisotopic (exact) mass is 515 g/mol. The average Bonchev–Trinajstić information content (AvgIpc) is 3.39. The van der Waals surface area contributed by atoms with Crippen molar-refractivity contribution >= 4 is 29.1 Å². The second kappa shape index (κ2) is 13.5. The van der Waals surface area contributed by atoms with Crippen molar-refractivity contribution in [3.05, 3.63) is 96.1 Å². The Bertz CT molecular complexity index is 1340. The minimum Gasteiger partial charge on any atom is -0.445 e. The lowest BCUT2D eigenvalue weighted by Crippen LogP contribution is -2.43. The molecule has 2 amide bonds. The standard InChI is InChI=1S/C28H29N5O5/c34-26(33-25-17-8-7-15-23(25)31-32-33)24(30-28(36)38-20-22-13-5-2-6-14-22)16-9-10-18-29-27(35)37-19-21-11-3-1-4-12-21/h1-8,11-15,17,24H,9-10,16,18-20H2,(H,29,35)(H,30,36)/t24-/m0/s1. The molecule has 1 heterocycles. The minimum absolute atomic E-state index is 0.0782. The van der Waals surface area contributed by atoms with Crippen molar-refractivity contribution in [2.24, 2.45) is 0 Å². The molecule has 3 aromatic carbocycles. The molecule has 0 bridgehead atoms. The molecule has 0 saturated carbocycles. The van der Waals surface area contributed by atoms with E-state index >= 15 is 0 Å². The molecule has 196 valence electrons. The lowest BCUT2D eigenvalue weighted by Gasteiger charge is -2.17. The normalized spacial score (nSPS) is 11.5. The van der Waals surface area contributed by atoms with Crippen LogP contribution in [0.5, 0.6) is 0 Å². The Morgan fingerprint density at radius 2 is 1.37 bits per heavy atom. The van der Waals surface area contributed by atoms with Gasteiger partial charge >= 0.3 is 12.2 Å². The number of rotatable bonds is 11. The molecule has 4 rings (SSSR count). The van der Waals surface area contributed by atoms with E-state index in [1.165, 1.54) is 4.68 Å². The maximum absolute atomic E-state index is 13.3. The van der Waals surface area contributed by atoms with Gasteiger partial charge in [0.25, 0.3) is 5.91 Å². The molecule has 0 unspecified atom stereocenters. The van der Waals surface area contributed by atoms with Gasteiger partial charge < -0.3 is 20.1 Å². The van der Waals surface area contributed by atoms with Crippen LogP contribution in [-0.2, 0) is 22.7 Å². The van der Waals surface area contributed by atoms with Gasteiger partial charge in [0.1, 0.15) is 24.8 Å². The summed E-state index contributed by atoms with van der Waals surface area (Å²) >= 11 is 0. The van der Waals surface area contributed by atoms with Crippen LogP contribution in [0.15, 0.2) is 84.9 Å². The summed E-state index contributed by atoms with van der Waals surface area (Å²) in [5.74, 6) is -0.425. The van der Waals surface area contributed by atoms with Gasteiger partial charge in [-0.3, -0.25) is 4.79 Å².